The highest BCUT2D eigenvalue weighted by Gasteiger charge is 2.40. The normalized spacial score (nSPS) is 33.2. The highest BCUT2D eigenvalue weighted by Crippen LogP contribution is 2.41. The fourth-order valence-electron chi connectivity index (χ4n) is 2.95. The second-order valence-electron chi connectivity index (χ2n) is 5.94. The lowest BCUT2D eigenvalue weighted by Crippen LogP contribution is -2.51. The molecule has 0 saturated heterocycles. The fourth-order valence-corrected chi connectivity index (χ4v) is 2.95. The summed E-state index contributed by atoms with van der Waals surface area (Å²) < 4.78 is 0. The third-order valence-corrected chi connectivity index (χ3v) is 4.60. The van der Waals surface area contributed by atoms with Crippen LogP contribution in [0.15, 0.2) is 0 Å². The van der Waals surface area contributed by atoms with Crippen LogP contribution in [0.1, 0.15) is 39.5 Å². The molecule has 0 aliphatic heterocycles. The van der Waals surface area contributed by atoms with Gasteiger partial charge in [-0.2, -0.15) is 0 Å². The van der Waals surface area contributed by atoms with Crippen molar-refractivity contribution in [3.8, 4) is 0 Å². The van der Waals surface area contributed by atoms with Crippen molar-refractivity contribution in [1.29, 1.82) is 0 Å². The number of nitrogens with two attached hydrogens (primary N) is 1. The molecule has 0 spiro atoms. The summed E-state index contributed by atoms with van der Waals surface area (Å²) in [4.78, 5) is 2.58. The van der Waals surface area contributed by atoms with E-state index < -0.39 is 0 Å². The SMILES string of the molecule is CC(C)C1CC(N(C)C(CN)C2CC2)C1. The van der Waals surface area contributed by atoms with Crippen molar-refractivity contribution < 1.29 is 0 Å². The number of rotatable bonds is 5. The van der Waals surface area contributed by atoms with E-state index >= 15 is 0 Å². The maximum atomic E-state index is 5.88. The maximum Gasteiger partial charge on any atom is 0.0246 e. The molecular weight excluding hydrogens is 184 g/mol. The predicted molar refractivity (Wildman–Crippen MR) is 64.7 cm³/mol. The van der Waals surface area contributed by atoms with Crippen molar-refractivity contribution in [2.45, 2.75) is 51.6 Å². The molecule has 0 aromatic heterocycles. The zero-order valence-corrected chi connectivity index (χ0v) is 10.4. The Morgan fingerprint density at radius 3 is 2.20 bits per heavy atom. The van der Waals surface area contributed by atoms with Gasteiger partial charge in [0, 0.05) is 18.6 Å². The standard InChI is InChI=1S/C13H26N2/c1-9(2)11-6-12(7-11)15(3)13(8-14)10-4-5-10/h9-13H,4-8,14H2,1-3H3. The van der Waals surface area contributed by atoms with Gasteiger partial charge in [-0.05, 0) is 50.5 Å². The first-order valence-electron chi connectivity index (χ1n) is 6.55. The highest BCUT2D eigenvalue weighted by atomic mass is 15.2. The topological polar surface area (TPSA) is 29.3 Å². The zero-order valence-electron chi connectivity index (χ0n) is 10.4. The van der Waals surface area contributed by atoms with Crippen molar-refractivity contribution in [3.63, 3.8) is 0 Å². The van der Waals surface area contributed by atoms with Gasteiger partial charge in [-0.15, -0.1) is 0 Å². The van der Waals surface area contributed by atoms with Crippen molar-refractivity contribution in [3.05, 3.63) is 0 Å². The summed E-state index contributed by atoms with van der Waals surface area (Å²) in [5.41, 5.74) is 5.88. The number of hydrogen-bond donors (Lipinski definition) is 1. The second-order valence-corrected chi connectivity index (χ2v) is 5.94. The molecule has 1 unspecified atom stereocenters. The molecule has 88 valence electrons. The van der Waals surface area contributed by atoms with E-state index in [1.165, 1.54) is 25.7 Å². The van der Waals surface area contributed by atoms with E-state index in [-0.39, 0.29) is 0 Å². The second kappa shape index (κ2) is 4.42. The Balaban J connectivity index is 1.79. The van der Waals surface area contributed by atoms with Crippen molar-refractivity contribution in [2.24, 2.45) is 23.5 Å². The van der Waals surface area contributed by atoms with Crippen molar-refractivity contribution >= 4 is 0 Å². The average Bonchev–Trinajstić information content (AvgIpc) is 2.85. The van der Waals surface area contributed by atoms with Crippen LogP contribution in [0.5, 0.6) is 0 Å². The molecule has 1 atom stereocenters. The van der Waals surface area contributed by atoms with Gasteiger partial charge >= 0.3 is 0 Å². The molecule has 2 heteroatoms. The zero-order chi connectivity index (χ0) is 11.0. The highest BCUT2D eigenvalue weighted by molar-refractivity contribution is 4.95. The van der Waals surface area contributed by atoms with Crippen LogP contribution in [-0.2, 0) is 0 Å². The summed E-state index contributed by atoms with van der Waals surface area (Å²) in [7, 11) is 2.29. The minimum Gasteiger partial charge on any atom is -0.329 e. The van der Waals surface area contributed by atoms with E-state index in [2.05, 4.69) is 25.8 Å². The van der Waals surface area contributed by atoms with E-state index in [1.54, 1.807) is 0 Å². The first-order chi connectivity index (χ1) is 7.13. The van der Waals surface area contributed by atoms with Gasteiger partial charge < -0.3 is 5.73 Å². The Morgan fingerprint density at radius 2 is 1.80 bits per heavy atom. The summed E-state index contributed by atoms with van der Waals surface area (Å²) in [6.07, 6.45) is 5.62. The van der Waals surface area contributed by atoms with Gasteiger partial charge in [0.1, 0.15) is 0 Å². The predicted octanol–water partition coefficient (Wildman–Crippen LogP) is 2.09. The molecule has 2 aliphatic rings. The molecule has 2 fully saturated rings. The van der Waals surface area contributed by atoms with Gasteiger partial charge in [0.05, 0.1) is 0 Å². The average molecular weight is 210 g/mol. The lowest BCUT2D eigenvalue weighted by molar-refractivity contribution is 0.0406. The summed E-state index contributed by atoms with van der Waals surface area (Å²) in [5.74, 6) is 2.75. The van der Waals surface area contributed by atoms with Crippen LogP contribution in [0.2, 0.25) is 0 Å². The fraction of sp³-hybridized carbons (Fsp3) is 1.00. The molecule has 0 heterocycles. The minimum absolute atomic E-state index is 0.670. The molecule has 0 bridgehead atoms. The van der Waals surface area contributed by atoms with Gasteiger partial charge in [-0.25, -0.2) is 0 Å². The Morgan fingerprint density at radius 1 is 1.20 bits per heavy atom. The number of likely N-dealkylation sites (N-methyl/N-ethyl adjacent to an activating group) is 1. The van der Waals surface area contributed by atoms with E-state index in [0.29, 0.717) is 6.04 Å². The van der Waals surface area contributed by atoms with Crippen molar-refractivity contribution in [1.82, 2.24) is 4.90 Å². The lowest BCUT2D eigenvalue weighted by Gasteiger charge is -2.46. The van der Waals surface area contributed by atoms with E-state index in [0.717, 1.165) is 30.3 Å². The van der Waals surface area contributed by atoms with Gasteiger partial charge in [0.25, 0.3) is 0 Å². The van der Waals surface area contributed by atoms with Gasteiger partial charge in [0.2, 0.25) is 0 Å². The molecule has 0 aromatic rings. The monoisotopic (exact) mass is 210 g/mol. The molecule has 0 amide bonds. The number of hydrogen-bond acceptors (Lipinski definition) is 2. The van der Waals surface area contributed by atoms with Crippen molar-refractivity contribution in [2.75, 3.05) is 13.6 Å². The summed E-state index contributed by atoms with van der Waals surface area (Å²) in [5, 5.41) is 0. The van der Waals surface area contributed by atoms with Gasteiger partial charge in [-0.1, -0.05) is 13.8 Å². The summed E-state index contributed by atoms with van der Waals surface area (Å²) in [6.45, 7) is 5.55. The van der Waals surface area contributed by atoms with Crippen LogP contribution in [0.4, 0.5) is 0 Å². The molecular formula is C13H26N2. The quantitative estimate of drug-likeness (QED) is 0.753. The Labute approximate surface area is 94.2 Å². The van der Waals surface area contributed by atoms with Crippen LogP contribution in [0.3, 0.4) is 0 Å². The summed E-state index contributed by atoms with van der Waals surface area (Å²) in [6, 6.07) is 1.50. The number of nitrogens with zero attached hydrogens (tertiary/aromatic N) is 1. The van der Waals surface area contributed by atoms with Gasteiger partial charge in [0.15, 0.2) is 0 Å². The van der Waals surface area contributed by atoms with Crippen LogP contribution < -0.4 is 5.73 Å². The molecule has 15 heavy (non-hydrogen) atoms. The maximum absolute atomic E-state index is 5.88. The van der Waals surface area contributed by atoms with Gasteiger partial charge in [-0.3, -0.25) is 4.90 Å². The third-order valence-electron chi connectivity index (χ3n) is 4.60. The Bertz CT molecular complexity index is 205. The van der Waals surface area contributed by atoms with Crippen LogP contribution in [0, 0.1) is 17.8 Å². The smallest absolute Gasteiger partial charge is 0.0246 e. The third kappa shape index (κ3) is 2.36. The van der Waals surface area contributed by atoms with E-state index in [1.807, 2.05) is 0 Å². The minimum atomic E-state index is 0.670. The molecule has 2 N–H and O–H groups in total. The Hall–Kier alpha value is -0.0800. The molecule has 0 aromatic carbocycles. The van der Waals surface area contributed by atoms with Crippen LogP contribution in [0.25, 0.3) is 0 Å². The van der Waals surface area contributed by atoms with Crippen LogP contribution >= 0.6 is 0 Å². The first kappa shape index (κ1) is 11.4. The molecule has 2 nitrogen and oxygen atoms in total. The Kier molecular flexibility index (Phi) is 3.36. The lowest BCUT2D eigenvalue weighted by atomic mass is 9.72. The molecule has 2 rings (SSSR count). The molecule has 0 radical (unpaired) electrons. The van der Waals surface area contributed by atoms with Crippen LogP contribution in [-0.4, -0.2) is 30.6 Å². The molecule has 2 saturated carbocycles. The summed E-state index contributed by atoms with van der Waals surface area (Å²) >= 11 is 0. The largest absolute Gasteiger partial charge is 0.329 e. The first-order valence-corrected chi connectivity index (χ1v) is 6.55. The van der Waals surface area contributed by atoms with E-state index in [9.17, 15) is 0 Å². The van der Waals surface area contributed by atoms with E-state index in [4.69, 9.17) is 5.73 Å². The molecule has 2 aliphatic carbocycles.